The van der Waals surface area contributed by atoms with E-state index in [-0.39, 0.29) is 36.6 Å². The van der Waals surface area contributed by atoms with E-state index in [2.05, 4.69) is 15.5 Å². The van der Waals surface area contributed by atoms with Crippen molar-refractivity contribution in [1.29, 1.82) is 0 Å². The number of phenolic OH excluding ortho intramolecular Hbond substituents is 1. The molecular weight excluding hydrogens is 372 g/mol. The zero-order valence-electron chi connectivity index (χ0n) is 15.6. The molecule has 0 spiro atoms. The van der Waals surface area contributed by atoms with Gasteiger partial charge in [0.1, 0.15) is 11.4 Å². The standard InChI is InChI=1S/C21H20N4O4/c26-18-4-2-1-3-17(18)24-23-16-8-5-15(6-9-16)7-10-19(27)22-13-14-25-20(28)11-12-21(25)29/h1-6,8-9,11-12,26H,7,10,13-14H2,(H,22,27)/b24-23+. The van der Waals surface area contributed by atoms with E-state index in [0.717, 1.165) is 10.5 Å². The Morgan fingerprint density at radius 3 is 2.34 bits per heavy atom. The largest absolute Gasteiger partial charge is 0.506 e. The Morgan fingerprint density at radius 1 is 0.966 bits per heavy atom. The summed E-state index contributed by atoms with van der Waals surface area (Å²) < 4.78 is 0. The second-order valence-electron chi connectivity index (χ2n) is 6.37. The van der Waals surface area contributed by atoms with Gasteiger partial charge < -0.3 is 10.4 Å². The number of hydrogen-bond donors (Lipinski definition) is 2. The Balaban J connectivity index is 1.41. The van der Waals surface area contributed by atoms with Gasteiger partial charge in [0.25, 0.3) is 11.8 Å². The zero-order chi connectivity index (χ0) is 20.6. The number of aryl methyl sites for hydroxylation is 1. The minimum absolute atomic E-state index is 0.0635. The molecule has 0 unspecified atom stereocenters. The molecule has 2 aromatic rings. The quantitative estimate of drug-likeness (QED) is 0.531. The topological polar surface area (TPSA) is 111 Å². The molecule has 0 radical (unpaired) electrons. The Morgan fingerprint density at radius 2 is 1.66 bits per heavy atom. The number of rotatable bonds is 8. The highest BCUT2D eigenvalue weighted by atomic mass is 16.3. The van der Waals surface area contributed by atoms with E-state index in [1.807, 2.05) is 12.1 Å². The Labute approximate surface area is 167 Å². The summed E-state index contributed by atoms with van der Waals surface area (Å²) in [6, 6.07) is 14.0. The van der Waals surface area contributed by atoms with E-state index in [9.17, 15) is 19.5 Å². The number of nitrogens with zero attached hydrogens (tertiary/aromatic N) is 3. The van der Waals surface area contributed by atoms with Crippen LogP contribution >= 0.6 is 0 Å². The lowest BCUT2D eigenvalue weighted by Gasteiger charge is -2.13. The van der Waals surface area contributed by atoms with Crippen LogP contribution in [0.2, 0.25) is 0 Å². The molecule has 0 saturated carbocycles. The smallest absolute Gasteiger partial charge is 0.253 e. The minimum atomic E-state index is -0.357. The van der Waals surface area contributed by atoms with Gasteiger partial charge in [-0.2, -0.15) is 5.11 Å². The molecule has 8 nitrogen and oxygen atoms in total. The number of para-hydroxylation sites is 1. The first kappa shape index (κ1) is 19.9. The molecule has 29 heavy (non-hydrogen) atoms. The van der Waals surface area contributed by atoms with E-state index in [0.29, 0.717) is 24.2 Å². The van der Waals surface area contributed by atoms with Crippen LogP contribution in [0.1, 0.15) is 12.0 Å². The first-order valence-corrected chi connectivity index (χ1v) is 9.12. The maximum Gasteiger partial charge on any atom is 0.253 e. The molecule has 8 heteroatoms. The average Bonchev–Trinajstić information content (AvgIpc) is 3.04. The van der Waals surface area contributed by atoms with Crippen molar-refractivity contribution in [3.8, 4) is 5.75 Å². The summed E-state index contributed by atoms with van der Waals surface area (Å²) in [4.78, 5) is 35.9. The van der Waals surface area contributed by atoms with Crippen LogP contribution in [0.25, 0.3) is 0 Å². The lowest BCUT2D eigenvalue weighted by Crippen LogP contribution is -2.38. The molecule has 0 aliphatic carbocycles. The van der Waals surface area contributed by atoms with Crippen LogP contribution in [0.4, 0.5) is 11.4 Å². The lowest BCUT2D eigenvalue weighted by molar-refractivity contribution is -0.137. The molecule has 2 aromatic carbocycles. The molecule has 0 bridgehead atoms. The fourth-order valence-electron chi connectivity index (χ4n) is 2.69. The number of imide groups is 1. The number of amides is 3. The zero-order valence-corrected chi connectivity index (χ0v) is 15.6. The van der Waals surface area contributed by atoms with Gasteiger partial charge in [0.05, 0.1) is 5.69 Å². The Hall–Kier alpha value is -3.81. The SMILES string of the molecule is O=C(CCc1ccc(/N=N/c2ccccc2O)cc1)NCCN1C(=O)C=CC1=O. The van der Waals surface area contributed by atoms with Crippen LogP contribution < -0.4 is 5.32 Å². The fourth-order valence-corrected chi connectivity index (χ4v) is 2.69. The first-order chi connectivity index (χ1) is 14.0. The van der Waals surface area contributed by atoms with E-state index < -0.39 is 0 Å². The number of benzene rings is 2. The molecule has 3 amide bonds. The van der Waals surface area contributed by atoms with Crippen molar-refractivity contribution in [3.63, 3.8) is 0 Å². The van der Waals surface area contributed by atoms with Gasteiger partial charge in [-0.05, 0) is 36.2 Å². The predicted molar refractivity (Wildman–Crippen MR) is 106 cm³/mol. The summed E-state index contributed by atoms with van der Waals surface area (Å²) in [6.07, 6.45) is 3.27. The van der Waals surface area contributed by atoms with Gasteiger partial charge >= 0.3 is 0 Å². The van der Waals surface area contributed by atoms with Crippen molar-refractivity contribution in [2.45, 2.75) is 12.8 Å². The third-order valence-electron chi connectivity index (χ3n) is 4.29. The molecule has 0 fully saturated rings. The molecule has 1 heterocycles. The second kappa shape index (κ2) is 9.41. The summed E-state index contributed by atoms with van der Waals surface area (Å²) in [7, 11) is 0. The molecular formula is C21H20N4O4. The van der Waals surface area contributed by atoms with E-state index in [1.54, 1.807) is 36.4 Å². The van der Waals surface area contributed by atoms with Crippen LogP contribution in [0.3, 0.4) is 0 Å². The number of aromatic hydroxyl groups is 1. The maximum atomic E-state index is 11.9. The van der Waals surface area contributed by atoms with Crippen molar-refractivity contribution in [1.82, 2.24) is 10.2 Å². The van der Waals surface area contributed by atoms with Gasteiger partial charge in [0.2, 0.25) is 5.91 Å². The summed E-state index contributed by atoms with van der Waals surface area (Å²) >= 11 is 0. The van der Waals surface area contributed by atoms with E-state index >= 15 is 0 Å². The monoisotopic (exact) mass is 392 g/mol. The lowest BCUT2D eigenvalue weighted by atomic mass is 10.1. The van der Waals surface area contributed by atoms with Crippen molar-refractivity contribution in [2.75, 3.05) is 13.1 Å². The van der Waals surface area contributed by atoms with Gasteiger partial charge in [-0.25, -0.2) is 0 Å². The fraction of sp³-hybridized carbons (Fsp3) is 0.190. The number of carbonyl (C=O) groups excluding carboxylic acids is 3. The highest BCUT2D eigenvalue weighted by molar-refractivity contribution is 6.12. The van der Waals surface area contributed by atoms with Crippen LogP contribution in [-0.4, -0.2) is 40.8 Å². The van der Waals surface area contributed by atoms with Crippen molar-refractivity contribution >= 4 is 29.1 Å². The summed E-state index contributed by atoms with van der Waals surface area (Å²) in [5, 5.41) is 20.5. The molecule has 3 rings (SSSR count). The van der Waals surface area contributed by atoms with Gasteiger partial charge in [0, 0.05) is 31.7 Å². The normalized spacial score (nSPS) is 13.4. The third-order valence-corrected chi connectivity index (χ3v) is 4.29. The summed E-state index contributed by atoms with van der Waals surface area (Å²) in [5.74, 6) is -0.804. The van der Waals surface area contributed by atoms with Crippen LogP contribution in [0.5, 0.6) is 5.75 Å². The van der Waals surface area contributed by atoms with E-state index in [1.165, 1.54) is 12.2 Å². The molecule has 148 valence electrons. The van der Waals surface area contributed by atoms with Gasteiger partial charge in [-0.15, -0.1) is 5.11 Å². The van der Waals surface area contributed by atoms with Gasteiger partial charge in [0.15, 0.2) is 0 Å². The number of azo groups is 1. The maximum absolute atomic E-state index is 11.9. The number of nitrogens with one attached hydrogen (secondary N) is 1. The summed E-state index contributed by atoms with van der Waals surface area (Å²) in [6.45, 7) is 0.386. The predicted octanol–water partition coefficient (Wildman–Crippen LogP) is 2.78. The highest BCUT2D eigenvalue weighted by Crippen LogP contribution is 2.27. The van der Waals surface area contributed by atoms with Crippen LogP contribution in [-0.2, 0) is 20.8 Å². The molecule has 1 aliphatic rings. The van der Waals surface area contributed by atoms with Crippen LogP contribution in [0, 0.1) is 0 Å². The summed E-state index contributed by atoms with van der Waals surface area (Å²) in [5.41, 5.74) is 1.99. The van der Waals surface area contributed by atoms with Gasteiger partial charge in [-0.1, -0.05) is 24.3 Å². The molecule has 0 atom stereocenters. The van der Waals surface area contributed by atoms with Crippen molar-refractivity contribution in [2.24, 2.45) is 10.2 Å². The third kappa shape index (κ3) is 5.58. The second-order valence-corrected chi connectivity index (χ2v) is 6.37. The Kier molecular flexibility index (Phi) is 6.47. The first-order valence-electron chi connectivity index (χ1n) is 9.12. The number of hydrogen-bond acceptors (Lipinski definition) is 6. The molecule has 0 saturated heterocycles. The number of phenols is 1. The molecule has 0 aromatic heterocycles. The molecule has 2 N–H and O–H groups in total. The van der Waals surface area contributed by atoms with Crippen molar-refractivity contribution in [3.05, 3.63) is 66.2 Å². The highest BCUT2D eigenvalue weighted by Gasteiger charge is 2.22. The van der Waals surface area contributed by atoms with Crippen molar-refractivity contribution < 1.29 is 19.5 Å². The van der Waals surface area contributed by atoms with Gasteiger partial charge in [-0.3, -0.25) is 19.3 Å². The average molecular weight is 392 g/mol. The number of carbonyl (C=O) groups is 3. The van der Waals surface area contributed by atoms with Crippen LogP contribution in [0.15, 0.2) is 70.9 Å². The van der Waals surface area contributed by atoms with E-state index in [4.69, 9.17) is 0 Å². The molecule has 1 aliphatic heterocycles. The minimum Gasteiger partial charge on any atom is -0.506 e. The Bertz CT molecular complexity index is 949.